The van der Waals surface area contributed by atoms with Crippen molar-refractivity contribution < 1.29 is 16.5 Å². The molecule has 0 fully saturated rings. The summed E-state index contributed by atoms with van der Waals surface area (Å²) in [7, 11) is 0. The van der Waals surface area contributed by atoms with Crippen LogP contribution in [0.25, 0.3) is 0 Å². The molecule has 5 heavy (non-hydrogen) atoms. The third kappa shape index (κ3) is 18.7. The molecule has 0 radical (unpaired) electrons. The van der Waals surface area contributed by atoms with Crippen LogP contribution in [-0.4, -0.2) is 88.8 Å². The molecule has 0 aliphatic rings. The van der Waals surface area contributed by atoms with Gasteiger partial charge in [0.2, 0.25) is 0 Å². The van der Waals surface area contributed by atoms with Gasteiger partial charge in [-0.3, -0.25) is 0 Å². The third-order valence-electron chi connectivity index (χ3n) is 0. The van der Waals surface area contributed by atoms with Gasteiger partial charge >= 0.3 is 71.5 Å². The summed E-state index contributed by atoms with van der Waals surface area (Å²) in [6, 6.07) is 0. The van der Waals surface area contributed by atoms with E-state index in [2.05, 4.69) is 0 Å². The maximum atomic E-state index is 0. The first-order valence-corrected chi connectivity index (χ1v) is 0. The Labute approximate surface area is 103 Å². The van der Waals surface area contributed by atoms with Crippen LogP contribution in [0.15, 0.2) is 0 Å². The molecule has 0 bridgehead atoms. The molecular weight excluding hydrogens is 140 g/mol. The standard InChI is InChI=1S/Al.Li.Mg.Na.Ni.7H. The molecule has 0 unspecified atom stereocenters. The SMILES string of the molecule is [AlH3].[LiH].[MgH2].[NaH].[Ni]. The van der Waals surface area contributed by atoms with E-state index in [4.69, 9.17) is 0 Å². The van der Waals surface area contributed by atoms with E-state index >= 15 is 0 Å². The normalized spacial score (nSPS) is 0. The summed E-state index contributed by atoms with van der Waals surface area (Å²) in [6.45, 7) is 0. The summed E-state index contributed by atoms with van der Waals surface area (Å²) in [5, 5.41) is 0. The summed E-state index contributed by atoms with van der Waals surface area (Å²) in [6.07, 6.45) is 0. The second-order valence-corrected chi connectivity index (χ2v) is 0. The van der Waals surface area contributed by atoms with Crippen molar-refractivity contribution in [2.45, 2.75) is 0 Å². The molecule has 0 aromatic rings. The van der Waals surface area contributed by atoms with Crippen LogP contribution in [0.3, 0.4) is 0 Å². The monoisotopic (exact) mass is 146 g/mol. The first kappa shape index (κ1) is 39.9. The topological polar surface area (TPSA) is 0 Å². The van der Waals surface area contributed by atoms with Gasteiger partial charge in [0.05, 0.1) is 0 Å². The first-order chi connectivity index (χ1) is 0. The van der Waals surface area contributed by atoms with Crippen LogP contribution >= 0.6 is 0 Å². The zero-order chi connectivity index (χ0) is 0. The Hall–Kier alpha value is 3.39. The molecule has 0 nitrogen and oxygen atoms in total. The van der Waals surface area contributed by atoms with E-state index in [1.807, 2.05) is 0 Å². The summed E-state index contributed by atoms with van der Waals surface area (Å²) >= 11 is 0. The van der Waals surface area contributed by atoms with Crippen molar-refractivity contribution in [3.05, 3.63) is 0 Å². The molecule has 0 atom stereocenters. The van der Waals surface area contributed by atoms with Crippen LogP contribution in [-0.2, 0) is 16.5 Å². The Kier molecular flexibility index (Phi) is 209. The van der Waals surface area contributed by atoms with Gasteiger partial charge < -0.3 is 0 Å². The van der Waals surface area contributed by atoms with Gasteiger partial charge in [-0.2, -0.15) is 0 Å². The van der Waals surface area contributed by atoms with Crippen molar-refractivity contribution in [3.63, 3.8) is 0 Å². The fourth-order valence-electron chi connectivity index (χ4n) is 0. The summed E-state index contributed by atoms with van der Waals surface area (Å²) in [4.78, 5) is 0. The van der Waals surface area contributed by atoms with Crippen molar-refractivity contribution in [3.8, 4) is 0 Å². The molecular formula is H7AlLiMgNaNi. The molecule has 0 aliphatic carbocycles. The molecule has 0 heterocycles. The third-order valence-corrected chi connectivity index (χ3v) is 0. The Morgan fingerprint density at radius 2 is 1.00 bits per heavy atom. The molecule has 0 amide bonds. The van der Waals surface area contributed by atoms with Gasteiger partial charge in [0.15, 0.2) is 17.4 Å². The van der Waals surface area contributed by atoms with Crippen LogP contribution in [0.4, 0.5) is 0 Å². The molecule has 0 aromatic carbocycles. The van der Waals surface area contributed by atoms with E-state index in [1.54, 1.807) is 0 Å². The molecule has 0 spiro atoms. The molecule has 24 valence electrons. The average Bonchev–Trinajstić information content (AvgIpc) is 0. The van der Waals surface area contributed by atoms with Crippen LogP contribution in [0.5, 0.6) is 0 Å². The Morgan fingerprint density at radius 1 is 1.00 bits per heavy atom. The van der Waals surface area contributed by atoms with Gasteiger partial charge in [-0.25, -0.2) is 0 Å². The van der Waals surface area contributed by atoms with E-state index in [1.165, 1.54) is 0 Å². The first-order valence-electron chi connectivity index (χ1n) is 0. The molecule has 0 N–H and O–H groups in total. The van der Waals surface area contributed by atoms with Crippen molar-refractivity contribution >= 4 is 88.8 Å². The summed E-state index contributed by atoms with van der Waals surface area (Å²) < 4.78 is 0. The zero-order valence-electron chi connectivity index (χ0n) is 0.316. The van der Waals surface area contributed by atoms with Gasteiger partial charge in [0.1, 0.15) is 0 Å². The predicted octanol–water partition coefficient (Wildman–Crippen LogP) is -3.40. The minimum absolute atomic E-state index is 0. The van der Waals surface area contributed by atoms with Crippen molar-refractivity contribution in [2.24, 2.45) is 0 Å². The minimum Gasteiger partial charge on any atom is 0 e. The fourth-order valence-corrected chi connectivity index (χ4v) is 0. The second-order valence-electron chi connectivity index (χ2n) is 0. The van der Waals surface area contributed by atoms with Crippen LogP contribution in [0.2, 0.25) is 0 Å². The van der Waals surface area contributed by atoms with E-state index in [0.29, 0.717) is 0 Å². The van der Waals surface area contributed by atoms with Crippen molar-refractivity contribution in [1.29, 1.82) is 0 Å². The smallest absolute Gasteiger partial charge is 0 e. The Balaban J connectivity index is 0. The number of hydrogen-bond donors (Lipinski definition) is 0. The van der Waals surface area contributed by atoms with Gasteiger partial charge in [0.25, 0.3) is 0 Å². The molecule has 0 rings (SSSR count). The molecule has 0 saturated carbocycles. The zero-order valence-corrected chi connectivity index (χ0v) is 1.30. The molecule has 0 saturated heterocycles. The second kappa shape index (κ2) is 26.3. The van der Waals surface area contributed by atoms with Gasteiger partial charge in [-0.1, -0.05) is 0 Å². The maximum Gasteiger partial charge on any atom is 0 e. The van der Waals surface area contributed by atoms with E-state index in [0.717, 1.165) is 0 Å². The fraction of sp³-hybridized carbons (Fsp3) is 0. The van der Waals surface area contributed by atoms with Gasteiger partial charge in [0, 0.05) is 16.5 Å². The summed E-state index contributed by atoms with van der Waals surface area (Å²) in [5.41, 5.74) is 0. The number of hydrogen-bond acceptors (Lipinski definition) is 0. The number of rotatable bonds is 0. The maximum absolute atomic E-state index is 0. The summed E-state index contributed by atoms with van der Waals surface area (Å²) in [5.74, 6) is 0. The van der Waals surface area contributed by atoms with Crippen LogP contribution < -0.4 is 0 Å². The average molecular weight is 147 g/mol. The quantitative estimate of drug-likeness (QED) is 0.313. The van der Waals surface area contributed by atoms with Crippen molar-refractivity contribution in [2.75, 3.05) is 0 Å². The van der Waals surface area contributed by atoms with E-state index in [-0.39, 0.29) is 105 Å². The predicted molar refractivity (Wildman–Crippen MR) is 32.8 cm³/mol. The molecule has 0 aromatic heterocycles. The van der Waals surface area contributed by atoms with Crippen molar-refractivity contribution in [1.82, 2.24) is 0 Å². The Morgan fingerprint density at radius 3 is 1.00 bits per heavy atom. The van der Waals surface area contributed by atoms with Crippen LogP contribution in [0, 0.1) is 0 Å². The Bertz CT molecular complexity index is 11.6. The molecule has 5 heteroatoms. The van der Waals surface area contributed by atoms with Crippen LogP contribution in [0.1, 0.15) is 0 Å². The van der Waals surface area contributed by atoms with Gasteiger partial charge in [-0.05, 0) is 0 Å². The molecule has 0 aliphatic heterocycles. The van der Waals surface area contributed by atoms with Gasteiger partial charge in [-0.15, -0.1) is 0 Å². The van der Waals surface area contributed by atoms with E-state index < -0.39 is 0 Å². The van der Waals surface area contributed by atoms with E-state index in [9.17, 15) is 0 Å². The largest absolute Gasteiger partial charge is 0 e. The minimum atomic E-state index is 0.